The SMILES string of the molecule is COc1c(B(O)O)ccc([N+](=O)[O-])c1OC. The minimum absolute atomic E-state index is 0.00458. The zero-order chi connectivity index (χ0) is 12.3. The van der Waals surface area contributed by atoms with Gasteiger partial charge in [0.1, 0.15) is 0 Å². The van der Waals surface area contributed by atoms with Gasteiger partial charge >= 0.3 is 12.8 Å². The van der Waals surface area contributed by atoms with E-state index >= 15 is 0 Å². The van der Waals surface area contributed by atoms with Crippen LogP contribution in [-0.2, 0) is 0 Å². The summed E-state index contributed by atoms with van der Waals surface area (Å²) < 4.78 is 9.70. The van der Waals surface area contributed by atoms with E-state index in [2.05, 4.69) is 0 Å². The summed E-state index contributed by atoms with van der Waals surface area (Å²) in [5.41, 5.74) is -0.297. The molecule has 2 N–H and O–H groups in total. The molecular weight excluding hydrogens is 217 g/mol. The average Bonchev–Trinajstić information content (AvgIpc) is 2.26. The van der Waals surface area contributed by atoms with Crippen LogP contribution in [0, 0.1) is 10.1 Å². The molecule has 1 aromatic rings. The van der Waals surface area contributed by atoms with E-state index in [9.17, 15) is 10.1 Å². The van der Waals surface area contributed by atoms with Gasteiger partial charge in [-0.3, -0.25) is 10.1 Å². The Morgan fingerprint density at radius 2 is 1.81 bits per heavy atom. The fourth-order valence-corrected chi connectivity index (χ4v) is 1.32. The van der Waals surface area contributed by atoms with Crippen molar-refractivity contribution in [2.24, 2.45) is 0 Å². The Bertz CT molecular complexity index is 408. The third-order valence-electron chi connectivity index (χ3n) is 2.00. The van der Waals surface area contributed by atoms with Crippen LogP contribution < -0.4 is 14.9 Å². The van der Waals surface area contributed by atoms with E-state index in [-0.39, 0.29) is 22.6 Å². The van der Waals surface area contributed by atoms with Gasteiger partial charge in [0.15, 0.2) is 5.75 Å². The Morgan fingerprint density at radius 3 is 2.19 bits per heavy atom. The summed E-state index contributed by atoms with van der Waals surface area (Å²) in [6, 6.07) is 2.32. The maximum atomic E-state index is 10.7. The molecule has 0 saturated carbocycles. The third kappa shape index (κ3) is 2.07. The highest BCUT2D eigenvalue weighted by Crippen LogP contribution is 2.34. The van der Waals surface area contributed by atoms with Crippen molar-refractivity contribution in [1.82, 2.24) is 0 Å². The van der Waals surface area contributed by atoms with Gasteiger partial charge < -0.3 is 19.5 Å². The van der Waals surface area contributed by atoms with E-state index in [4.69, 9.17) is 19.5 Å². The fraction of sp³-hybridized carbons (Fsp3) is 0.250. The Kier molecular flexibility index (Phi) is 3.70. The van der Waals surface area contributed by atoms with Crippen molar-refractivity contribution in [2.75, 3.05) is 14.2 Å². The molecule has 0 aromatic heterocycles. The van der Waals surface area contributed by atoms with Gasteiger partial charge in [-0.15, -0.1) is 0 Å². The number of rotatable bonds is 4. The monoisotopic (exact) mass is 227 g/mol. The topological polar surface area (TPSA) is 102 Å². The minimum atomic E-state index is -1.79. The normalized spacial score (nSPS) is 9.75. The number of nitro benzene ring substituents is 1. The van der Waals surface area contributed by atoms with Crippen LogP contribution in [0.1, 0.15) is 0 Å². The van der Waals surface area contributed by atoms with Crippen LogP contribution >= 0.6 is 0 Å². The lowest BCUT2D eigenvalue weighted by Gasteiger charge is -2.11. The summed E-state index contributed by atoms with van der Waals surface area (Å²) in [6.45, 7) is 0. The van der Waals surface area contributed by atoms with Crippen molar-refractivity contribution in [1.29, 1.82) is 0 Å². The van der Waals surface area contributed by atoms with Crippen LogP contribution in [0.4, 0.5) is 5.69 Å². The predicted octanol–water partition coefficient (Wildman–Crippen LogP) is -0.708. The maximum Gasteiger partial charge on any atom is 0.492 e. The first-order chi connectivity index (χ1) is 7.52. The van der Waals surface area contributed by atoms with Crippen LogP contribution in [0.25, 0.3) is 0 Å². The third-order valence-corrected chi connectivity index (χ3v) is 2.00. The second kappa shape index (κ2) is 4.82. The molecule has 0 bridgehead atoms. The first-order valence-corrected chi connectivity index (χ1v) is 4.28. The second-order valence-electron chi connectivity index (χ2n) is 2.87. The fourth-order valence-electron chi connectivity index (χ4n) is 1.32. The van der Waals surface area contributed by atoms with E-state index in [0.29, 0.717) is 0 Å². The summed E-state index contributed by atoms with van der Waals surface area (Å²) in [4.78, 5) is 10.0. The van der Waals surface area contributed by atoms with Gasteiger partial charge in [-0.05, 0) is 0 Å². The number of nitro groups is 1. The molecule has 0 spiro atoms. The highest BCUT2D eigenvalue weighted by molar-refractivity contribution is 6.60. The summed E-state index contributed by atoms with van der Waals surface area (Å²) in [5, 5.41) is 28.7. The van der Waals surface area contributed by atoms with E-state index in [1.807, 2.05) is 0 Å². The van der Waals surface area contributed by atoms with Crippen molar-refractivity contribution in [3.63, 3.8) is 0 Å². The lowest BCUT2D eigenvalue weighted by molar-refractivity contribution is -0.385. The summed E-state index contributed by atoms with van der Waals surface area (Å²) >= 11 is 0. The van der Waals surface area contributed by atoms with Gasteiger partial charge in [0, 0.05) is 11.5 Å². The van der Waals surface area contributed by atoms with Crippen molar-refractivity contribution < 1.29 is 24.4 Å². The van der Waals surface area contributed by atoms with Crippen molar-refractivity contribution in [3.8, 4) is 11.5 Å². The quantitative estimate of drug-likeness (QED) is 0.400. The largest absolute Gasteiger partial charge is 0.493 e. The van der Waals surface area contributed by atoms with Crippen LogP contribution in [-0.4, -0.2) is 36.3 Å². The van der Waals surface area contributed by atoms with Gasteiger partial charge in [0.25, 0.3) is 0 Å². The highest BCUT2D eigenvalue weighted by atomic mass is 16.6. The molecule has 0 fully saturated rings. The molecule has 86 valence electrons. The number of ether oxygens (including phenoxy) is 2. The molecular formula is C8H10BNO6. The Balaban J connectivity index is 3.46. The Morgan fingerprint density at radius 1 is 1.25 bits per heavy atom. The predicted molar refractivity (Wildman–Crippen MR) is 56.0 cm³/mol. The molecule has 7 nitrogen and oxygen atoms in total. The zero-order valence-corrected chi connectivity index (χ0v) is 8.71. The minimum Gasteiger partial charge on any atom is -0.493 e. The van der Waals surface area contributed by atoms with Crippen molar-refractivity contribution in [2.45, 2.75) is 0 Å². The second-order valence-corrected chi connectivity index (χ2v) is 2.87. The van der Waals surface area contributed by atoms with Gasteiger partial charge in [-0.25, -0.2) is 0 Å². The lowest BCUT2D eigenvalue weighted by atomic mass is 9.79. The molecule has 0 aliphatic carbocycles. The van der Waals surface area contributed by atoms with E-state index in [1.165, 1.54) is 20.3 Å². The van der Waals surface area contributed by atoms with E-state index in [1.54, 1.807) is 0 Å². The van der Waals surface area contributed by atoms with Crippen molar-refractivity contribution >= 4 is 18.3 Å². The molecule has 0 aliphatic heterocycles. The van der Waals surface area contributed by atoms with Crippen LogP contribution in [0.2, 0.25) is 0 Å². The molecule has 0 amide bonds. The van der Waals surface area contributed by atoms with E-state index in [0.717, 1.165) is 6.07 Å². The number of hydrogen-bond acceptors (Lipinski definition) is 6. The molecule has 1 aromatic carbocycles. The van der Waals surface area contributed by atoms with Crippen LogP contribution in [0.15, 0.2) is 12.1 Å². The lowest BCUT2D eigenvalue weighted by Crippen LogP contribution is -2.31. The van der Waals surface area contributed by atoms with E-state index < -0.39 is 12.0 Å². The smallest absolute Gasteiger partial charge is 0.492 e. The average molecular weight is 227 g/mol. The molecule has 8 heteroatoms. The molecule has 0 heterocycles. The maximum absolute atomic E-state index is 10.7. The van der Waals surface area contributed by atoms with Gasteiger partial charge in [0.2, 0.25) is 5.75 Å². The molecule has 0 unspecified atom stereocenters. The summed E-state index contributed by atoms with van der Waals surface area (Å²) in [7, 11) is 0.705. The van der Waals surface area contributed by atoms with Gasteiger partial charge in [-0.1, -0.05) is 6.07 Å². The standard InChI is InChI=1S/C8H10BNO6/c1-15-7-5(9(11)12)3-4-6(10(13)14)8(7)16-2/h3-4,11-12H,1-2H3. The molecule has 0 aliphatic rings. The van der Waals surface area contributed by atoms with Crippen molar-refractivity contribution in [3.05, 3.63) is 22.2 Å². The Hall–Kier alpha value is -1.80. The van der Waals surface area contributed by atoms with Crippen LogP contribution in [0.5, 0.6) is 11.5 Å². The molecule has 0 saturated heterocycles. The molecule has 0 radical (unpaired) electrons. The summed E-state index contributed by atoms with van der Waals surface area (Å²) in [5.74, 6) is -0.204. The molecule has 1 rings (SSSR count). The zero-order valence-electron chi connectivity index (χ0n) is 8.71. The number of hydrogen-bond donors (Lipinski definition) is 2. The van der Waals surface area contributed by atoms with Gasteiger partial charge in [0.05, 0.1) is 19.1 Å². The molecule has 16 heavy (non-hydrogen) atoms. The highest BCUT2D eigenvalue weighted by Gasteiger charge is 2.27. The van der Waals surface area contributed by atoms with Gasteiger partial charge in [-0.2, -0.15) is 0 Å². The Labute approximate surface area is 91.5 Å². The summed E-state index contributed by atoms with van der Waals surface area (Å²) in [6.07, 6.45) is 0. The first kappa shape index (κ1) is 12.3. The number of nitrogens with zero attached hydrogens (tertiary/aromatic N) is 1. The number of methoxy groups -OCH3 is 2. The number of benzene rings is 1. The first-order valence-electron chi connectivity index (χ1n) is 4.28. The van der Waals surface area contributed by atoms with Crippen LogP contribution in [0.3, 0.4) is 0 Å². The molecule has 0 atom stereocenters.